The van der Waals surface area contributed by atoms with Crippen LogP contribution in [0.25, 0.3) is 21.9 Å². The molecule has 2 atom stereocenters. The van der Waals surface area contributed by atoms with Crippen molar-refractivity contribution in [1.82, 2.24) is 14.5 Å². The van der Waals surface area contributed by atoms with Crippen LogP contribution < -0.4 is 0 Å². The Balaban J connectivity index is 0.000000516. The summed E-state index contributed by atoms with van der Waals surface area (Å²) >= 11 is 0. The van der Waals surface area contributed by atoms with Crippen LogP contribution in [-0.4, -0.2) is 40.8 Å². The Morgan fingerprint density at radius 3 is 2.86 bits per heavy atom. The first-order valence-corrected chi connectivity index (χ1v) is 9.40. The van der Waals surface area contributed by atoms with Gasteiger partial charge in [-0.1, -0.05) is 6.92 Å². The van der Waals surface area contributed by atoms with Gasteiger partial charge in [0.15, 0.2) is 0 Å². The highest BCUT2D eigenvalue weighted by molar-refractivity contribution is 6.02. The molecule has 4 rings (SSSR count). The first-order valence-electron chi connectivity index (χ1n) is 9.40. The molecule has 28 heavy (non-hydrogen) atoms. The molecule has 7 nitrogen and oxygen atoms in total. The van der Waals surface area contributed by atoms with Crippen molar-refractivity contribution in [2.24, 2.45) is 0 Å². The second-order valence-corrected chi connectivity index (χ2v) is 6.78. The van der Waals surface area contributed by atoms with E-state index < -0.39 is 0 Å². The van der Waals surface area contributed by atoms with Gasteiger partial charge in [-0.2, -0.15) is 5.26 Å². The summed E-state index contributed by atoms with van der Waals surface area (Å²) in [4.78, 5) is 18.3. The van der Waals surface area contributed by atoms with Gasteiger partial charge in [0.1, 0.15) is 11.3 Å². The van der Waals surface area contributed by atoms with Gasteiger partial charge in [0.2, 0.25) is 0 Å². The van der Waals surface area contributed by atoms with Gasteiger partial charge in [0, 0.05) is 24.5 Å². The quantitative estimate of drug-likeness (QED) is 0.646. The van der Waals surface area contributed by atoms with E-state index >= 15 is 0 Å². The number of carbonyl (C=O) groups excluding carboxylic acids is 1. The zero-order valence-corrected chi connectivity index (χ0v) is 16.4. The Labute approximate surface area is 163 Å². The van der Waals surface area contributed by atoms with E-state index in [0.29, 0.717) is 18.1 Å². The molecular formula is C21H24N4O3. The molecule has 146 valence electrons. The minimum absolute atomic E-state index is 0.258. The molecule has 0 aliphatic carbocycles. The number of aryl methyl sites for hydroxylation is 1. The van der Waals surface area contributed by atoms with Crippen LogP contribution in [0.2, 0.25) is 0 Å². The molecule has 0 amide bonds. The van der Waals surface area contributed by atoms with E-state index in [9.17, 15) is 5.26 Å². The van der Waals surface area contributed by atoms with Crippen LogP contribution in [0.15, 0.2) is 24.4 Å². The topological polar surface area (TPSA) is 90.0 Å². The van der Waals surface area contributed by atoms with Crippen LogP contribution >= 0.6 is 0 Å². The van der Waals surface area contributed by atoms with Crippen molar-refractivity contribution < 1.29 is 14.3 Å². The number of carbonyl (C=O) groups is 1. The number of rotatable bonds is 3. The van der Waals surface area contributed by atoms with Gasteiger partial charge in [0.25, 0.3) is 6.47 Å². The Morgan fingerprint density at radius 2 is 2.21 bits per heavy atom. The summed E-state index contributed by atoms with van der Waals surface area (Å²) in [5, 5.41) is 10.3. The highest BCUT2D eigenvalue weighted by Crippen LogP contribution is 2.33. The average molecular weight is 380 g/mol. The number of ether oxygens (including phenoxy) is 2. The van der Waals surface area contributed by atoms with E-state index in [1.165, 1.54) is 7.11 Å². The van der Waals surface area contributed by atoms with E-state index in [1.54, 1.807) is 0 Å². The molecule has 1 saturated heterocycles. The van der Waals surface area contributed by atoms with Crippen molar-refractivity contribution >= 4 is 28.4 Å². The molecule has 7 heteroatoms. The fourth-order valence-electron chi connectivity index (χ4n) is 3.75. The molecule has 2 aromatic heterocycles. The molecule has 0 N–H and O–H groups in total. The van der Waals surface area contributed by atoms with Gasteiger partial charge >= 0.3 is 0 Å². The molecule has 0 bridgehead atoms. The van der Waals surface area contributed by atoms with Crippen molar-refractivity contribution in [1.29, 1.82) is 5.26 Å². The van der Waals surface area contributed by atoms with Crippen molar-refractivity contribution in [2.75, 3.05) is 13.7 Å². The first-order chi connectivity index (χ1) is 13.6. The smallest absolute Gasteiger partial charge is 0.292 e. The molecule has 0 spiro atoms. The van der Waals surface area contributed by atoms with Crippen molar-refractivity contribution in [3.63, 3.8) is 0 Å². The van der Waals surface area contributed by atoms with Crippen LogP contribution in [0.1, 0.15) is 44.1 Å². The maximum atomic E-state index is 9.26. The third-order valence-corrected chi connectivity index (χ3v) is 4.95. The lowest BCUT2D eigenvalue weighted by Gasteiger charge is -2.30. The lowest BCUT2D eigenvalue weighted by atomic mass is 10.0. The maximum absolute atomic E-state index is 9.26. The number of nitriles is 1. The number of hydrogen-bond acceptors (Lipinski definition) is 6. The van der Waals surface area contributed by atoms with Gasteiger partial charge in [-0.15, -0.1) is 0 Å². The summed E-state index contributed by atoms with van der Waals surface area (Å²) in [5.74, 6) is 1.08. The minimum atomic E-state index is 0.258. The van der Waals surface area contributed by atoms with Gasteiger partial charge in [0.05, 0.1) is 42.1 Å². The number of pyridine rings is 1. The summed E-state index contributed by atoms with van der Waals surface area (Å²) < 4.78 is 12.0. The van der Waals surface area contributed by atoms with Gasteiger partial charge < -0.3 is 14.0 Å². The van der Waals surface area contributed by atoms with Crippen LogP contribution in [0.3, 0.4) is 0 Å². The fourth-order valence-corrected chi connectivity index (χ4v) is 3.75. The van der Waals surface area contributed by atoms with Gasteiger partial charge in [-0.25, -0.2) is 4.98 Å². The Kier molecular flexibility index (Phi) is 6.22. The molecule has 3 heterocycles. The molecule has 3 aromatic rings. The van der Waals surface area contributed by atoms with Crippen molar-refractivity contribution in [3.05, 3.63) is 35.8 Å². The summed E-state index contributed by atoms with van der Waals surface area (Å²) in [6.45, 7) is 5.42. The second kappa shape index (κ2) is 8.81. The molecule has 0 radical (unpaired) electrons. The molecule has 1 fully saturated rings. The highest BCUT2D eigenvalue weighted by atomic mass is 16.5. The second-order valence-electron chi connectivity index (χ2n) is 6.78. The SMILES string of the molecule is CCc1nc2cnc3ccc(C#N)cc3c2n1C1CCOC(C)C1.COC=O. The number of nitrogens with zero attached hydrogens (tertiary/aromatic N) is 4. The number of aromatic nitrogens is 3. The van der Waals surface area contributed by atoms with Gasteiger partial charge in [-0.05, 0) is 38.0 Å². The van der Waals surface area contributed by atoms with E-state index in [0.717, 1.165) is 53.6 Å². The van der Waals surface area contributed by atoms with Crippen molar-refractivity contribution in [3.8, 4) is 6.07 Å². The molecule has 1 aliphatic rings. The first kappa shape index (κ1) is 19.8. The molecular weight excluding hydrogens is 356 g/mol. The highest BCUT2D eigenvalue weighted by Gasteiger charge is 2.25. The predicted molar refractivity (Wildman–Crippen MR) is 106 cm³/mol. The van der Waals surface area contributed by atoms with E-state index in [1.807, 2.05) is 24.4 Å². The number of hydrogen-bond donors (Lipinski definition) is 0. The normalized spacial score (nSPS) is 18.9. The van der Waals surface area contributed by atoms with Crippen LogP contribution in [0.4, 0.5) is 0 Å². The Hall–Kier alpha value is -2.98. The fraction of sp³-hybridized carbons (Fsp3) is 0.429. The van der Waals surface area contributed by atoms with Crippen LogP contribution in [-0.2, 0) is 20.7 Å². The number of fused-ring (bicyclic) bond motifs is 3. The lowest BCUT2D eigenvalue weighted by molar-refractivity contribution is -0.126. The average Bonchev–Trinajstić information content (AvgIpc) is 3.12. The van der Waals surface area contributed by atoms with Gasteiger partial charge in [-0.3, -0.25) is 9.78 Å². The summed E-state index contributed by atoms with van der Waals surface area (Å²) in [6.07, 6.45) is 4.96. The maximum Gasteiger partial charge on any atom is 0.292 e. The van der Waals surface area contributed by atoms with Crippen LogP contribution in [0.5, 0.6) is 0 Å². The third kappa shape index (κ3) is 3.82. The Bertz CT molecular complexity index is 1020. The Morgan fingerprint density at radius 1 is 1.43 bits per heavy atom. The van der Waals surface area contributed by atoms with E-state index in [4.69, 9.17) is 14.5 Å². The number of benzene rings is 1. The summed E-state index contributed by atoms with van der Waals surface area (Å²) in [6, 6.07) is 8.29. The standard InChI is InChI=1S/C19H20N4O.C2H4O2/c1-3-18-22-17-11-21-16-5-4-13(10-20)9-15(16)19(17)23(18)14-6-7-24-12(2)8-14;1-4-2-3/h4-5,9,11-12,14H,3,6-8H2,1-2H3;2H,1H3. The largest absolute Gasteiger partial charge is 0.471 e. The van der Waals surface area contributed by atoms with Crippen molar-refractivity contribution in [2.45, 2.75) is 45.3 Å². The van der Waals surface area contributed by atoms with E-state index in [-0.39, 0.29) is 6.10 Å². The lowest BCUT2D eigenvalue weighted by Crippen LogP contribution is -2.26. The zero-order chi connectivity index (χ0) is 20.1. The zero-order valence-electron chi connectivity index (χ0n) is 16.4. The molecule has 0 saturated carbocycles. The molecule has 1 aliphatic heterocycles. The third-order valence-electron chi connectivity index (χ3n) is 4.95. The number of imidazole rings is 1. The number of methoxy groups -OCH3 is 1. The van der Waals surface area contributed by atoms with Crippen LogP contribution in [0, 0.1) is 11.3 Å². The predicted octanol–water partition coefficient (Wildman–Crippen LogP) is 3.55. The molecule has 1 aromatic carbocycles. The minimum Gasteiger partial charge on any atom is -0.471 e. The summed E-state index contributed by atoms with van der Waals surface area (Å²) in [5.41, 5.74) is 3.58. The summed E-state index contributed by atoms with van der Waals surface area (Å²) in [7, 11) is 1.31. The van der Waals surface area contributed by atoms with E-state index in [2.05, 4.69) is 34.2 Å². The monoisotopic (exact) mass is 380 g/mol. The molecule has 2 unspecified atom stereocenters.